The molecular weight excluding hydrogens is 249 g/mol. The number of nitrogens with zero attached hydrogens (tertiary/aromatic N) is 2. The Hall–Kier alpha value is -1.53. The van der Waals surface area contributed by atoms with Crippen LogP contribution in [0.15, 0.2) is 18.2 Å². The first-order chi connectivity index (χ1) is 8.95. The lowest BCUT2D eigenvalue weighted by molar-refractivity contribution is -0.385. The van der Waals surface area contributed by atoms with E-state index in [1.165, 1.54) is 12.1 Å². The van der Waals surface area contributed by atoms with Gasteiger partial charge in [0.2, 0.25) is 0 Å². The molecule has 0 aliphatic carbocycles. The molecule has 1 saturated heterocycles. The number of likely N-dealkylation sites (tertiary alicyclic amines) is 1. The van der Waals surface area contributed by atoms with E-state index in [0.29, 0.717) is 18.2 Å². The Morgan fingerprint density at radius 2 is 2.26 bits per heavy atom. The smallest absolute Gasteiger partial charge is 0.272 e. The van der Waals surface area contributed by atoms with Gasteiger partial charge in [0.25, 0.3) is 5.69 Å². The van der Waals surface area contributed by atoms with Gasteiger partial charge in [-0.1, -0.05) is 0 Å². The predicted octanol–water partition coefficient (Wildman–Crippen LogP) is 2.05. The Morgan fingerprint density at radius 3 is 2.89 bits per heavy atom. The number of non-ortho nitro benzene ring substituents is 1. The summed E-state index contributed by atoms with van der Waals surface area (Å²) in [6.07, 6.45) is 1.80. The van der Waals surface area contributed by atoms with Crippen molar-refractivity contribution in [3.05, 3.63) is 39.7 Å². The van der Waals surface area contributed by atoms with Gasteiger partial charge >= 0.3 is 0 Å². The average molecular weight is 267 g/mol. The van der Waals surface area contributed by atoms with Crippen LogP contribution in [0.2, 0.25) is 0 Å². The summed E-state index contributed by atoms with van der Waals surface area (Å²) in [5, 5.41) is 10.7. The molecule has 0 amide bonds. The van der Waals surface area contributed by atoms with Crippen LogP contribution in [0.25, 0.3) is 0 Å². The van der Waals surface area contributed by atoms with E-state index in [-0.39, 0.29) is 11.7 Å². The largest absolute Gasteiger partial charge is 0.328 e. The van der Waals surface area contributed by atoms with Gasteiger partial charge < -0.3 is 5.73 Å². The molecule has 1 aromatic carbocycles. The highest BCUT2D eigenvalue weighted by molar-refractivity contribution is 5.35. The maximum absolute atomic E-state index is 13.4. The van der Waals surface area contributed by atoms with E-state index in [2.05, 4.69) is 11.8 Å². The van der Waals surface area contributed by atoms with Crippen LogP contribution >= 0.6 is 0 Å². The number of piperidine rings is 1. The number of nitrogens with two attached hydrogens (primary N) is 1. The Kier molecular flexibility index (Phi) is 4.11. The van der Waals surface area contributed by atoms with E-state index in [1.54, 1.807) is 0 Å². The number of hydrogen-bond acceptors (Lipinski definition) is 4. The highest BCUT2D eigenvalue weighted by atomic mass is 19.1. The van der Waals surface area contributed by atoms with Crippen molar-refractivity contribution < 1.29 is 9.31 Å². The Bertz CT molecular complexity index is 481. The molecule has 2 atom stereocenters. The van der Waals surface area contributed by atoms with Crippen molar-refractivity contribution in [3.63, 3.8) is 0 Å². The van der Waals surface area contributed by atoms with Gasteiger partial charge in [-0.2, -0.15) is 0 Å². The highest BCUT2D eigenvalue weighted by Gasteiger charge is 2.23. The van der Waals surface area contributed by atoms with Crippen molar-refractivity contribution in [3.8, 4) is 0 Å². The Morgan fingerprint density at radius 1 is 1.53 bits per heavy atom. The van der Waals surface area contributed by atoms with Crippen molar-refractivity contribution >= 4 is 5.69 Å². The van der Waals surface area contributed by atoms with Gasteiger partial charge in [-0.05, 0) is 31.4 Å². The summed E-state index contributed by atoms with van der Waals surface area (Å²) >= 11 is 0. The molecule has 5 nitrogen and oxygen atoms in total. The first-order valence-corrected chi connectivity index (χ1v) is 6.39. The molecule has 0 bridgehead atoms. The van der Waals surface area contributed by atoms with Crippen LogP contribution in [-0.2, 0) is 6.54 Å². The minimum absolute atomic E-state index is 0.198. The van der Waals surface area contributed by atoms with Crippen LogP contribution in [0.4, 0.5) is 10.1 Å². The monoisotopic (exact) mass is 267 g/mol. The van der Waals surface area contributed by atoms with Crippen LogP contribution in [-0.4, -0.2) is 28.5 Å². The molecular formula is C13H18FN3O2. The summed E-state index contributed by atoms with van der Waals surface area (Å²) in [6.45, 7) is 3.44. The number of nitro benzene ring substituents is 1. The Labute approximate surface area is 111 Å². The molecule has 6 heteroatoms. The van der Waals surface area contributed by atoms with Gasteiger partial charge in [0.15, 0.2) is 0 Å². The van der Waals surface area contributed by atoms with Crippen molar-refractivity contribution in [2.24, 2.45) is 5.73 Å². The lowest BCUT2D eigenvalue weighted by atomic mass is 9.98. The van der Waals surface area contributed by atoms with Gasteiger partial charge in [-0.3, -0.25) is 15.0 Å². The normalized spacial score (nSPS) is 24.4. The van der Waals surface area contributed by atoms with E-state index in [9.17, 15) is 14.5 Å². The SMILES string of the molecule is CC1CC(N)CCN1Cc1cc(F)cc([N+](=O)[O-])c1. The quantitative estimate of drug-likeness (QED) is 0.672. The number of halogens is 1. The maximum Gasteiger partial charge on any atom is 0.272 e. The lowest BCUT2D eigenvalue weighted by Gasteiger charge is -2.36. The van der Waals surface area contributed by atoms with Gasteiger partial charge in [-0.25, -0.2) is 4.39 Å². The standard InChI is InChI=1S/C13H18FN3O2/c1-9-4-12(15)2-3-16(9)8-10-5-11(14)7-13(6-10)17(18)19/h5-7,9,12H,2-4,8,15H2,1H3. The summed E-state index contributed by atoms with van der Waals surface area (Å²) in [4.78, 5) is 12.3. The molecule has 1 aliphatic heterocycles. The lowest BCUT2D eigenvalue weighted by Crippen LogP contribution is -2.44. The third-order valence-electron chi connectivity index (χ3n) is 3.59. The van der Waals surface area contributed by atoms with E-state index in [0.717, 1.165) is 25.5 Å². The summed E-state index contributed by atoms with van der Waals surface area (Å²) in [6, 6.07) is 4.26. The highest BCUT2D eigenvalue weighted by Crippen LogP contribution is 2.22. The summed E-state index contributed by atoms with van der Waals surface area (Å²) < 4.78 is 13.4. The second kappa shape index (κ2) is 5.63. The van der Waals surface area contributed by atoms with Crippen LogP contribution < -0.4 is 5.73 Å². The van der Waals surface area contributed by atoms with Crippen molar-refractivity contribution in [2.45, 2.75) is 38.4 Å². The minimum Gasteiger partial charge on any atom is -0.328 e. The van der Waals surface area contributed by atoms with Crippen LogP contribution in [0, 0.1) is 15.9 Å². The molecule has 0 saturated carbocycles. The summed E-state index contributed by atoms with van der Waals surface area (Å²) in [7, 11) is 0. The minimum atomic E-state index is -0.567. The first-order valence-electron chi connectivity index (χ1n) is 6.39. The van der Waals surface area contributed by atoms with Gasteiger partial charge in [0.1, 0.15) is 5.82 Å². The molecule has 1 aliphatic rings. The molecule has 1 heterocycles. The molecule has 104 valence electrons. The molecule has 2 rings (SSSR count). The first kappa shape index (κ1) is 13.9. The third-order valence-corrected chi connectivity index (χ3v) is 3.59. The van der Waals surface area contributed by atoms with Crippen molar-refractivity contribution in [1.82, 2.24) is 4.90 Å². The number of hydrogen-bond donors (Lipinski definition) is 1. The van der Waals surface area contributed by atoms with Crippen LogP contribution in [0.5, 0.6) is 0 Å². The Balaban J connectivity index is 2.12. The average Bonchev–Trinajstić information content (AvgIpc) is 2.32. The van der Waals surface area contributed by atoms with Crippen LogP contribution in [0.3, 0.4) is 0 Å². The van der Waals surface area contributed by atoms with Gasteiger partial charge in [-0.15, -0.1) is 0 Å². The molecule has 1 fully saturated rings. The zero-order valence-corrected chi connectivity index (χ0v) is 10.9. The molecule has 2 N–H and O–H groups in total. The zero-order valence-electron chi connectivity index (χ0n) is 10.9. The second-order valence-electron chi connectivity index (χ2n) is 5.18. The van der Waals surface area contributed by atoms with Gasteiger partial charge in [0.05, 0.1) is 11.0 Å². The second-order valence-corrected chi connectivity index (χ2v) is 5.18. The zero-order chi connectivity index (χ0) is 14.0. The predicted molar refractivity (Wildman–Crippen MR) is 70.1 cm³/mol. The molecule has 0 aromatic heterocycles. The molecule has 1 aromatic rings. The van der Waals surface area contributed by atoms with Crippen molar-refractivity contribution in [2.75, 3.05) is 6.54 Å². The molecule has 2 unspecified atom stereocenters. The fraction of sp³-hybridized carbons (Fsp3) is 0.538. The number of rotatable bonds is 3. The van der Waals surface area contributed by atoms with E-state index >= 15 is 0 Å². The number of nitro groups is 1. The third kappa shape index (κ3) is 3.48. The van der Waals surface area contributed by atoms with E-state index < -0.39 is 10.7 Å². The molecule has 0 radical (unpaired) electrons. The fourth-order valence-electron chi connectivity index (χ4n) is 2.56. The maximum atomic E-state index is 13.4. The van der Waals surface area contributed by atoms with E-state index in [4.69, 9.17) is 5.73 Å². The summed E-state index contributed by atoms with van der Waals surface area (Å²) in [5.41, 5.74) is 6.33. The topological polar surface area (TPSA) is 72.4 Å². The van der Waals surface area contributed by atoms with E-state index in [1.807, 2.05) is 0 Å². The molecule has 0 spiro atoms. The van der Waals surface area contributed by atoms with Gasteiger partial charge in [0, 0.05) is 31.2 Å². The number of benzene rings is 1. The summed E-state index contributed by atoms with van der Waals surface area (Å²) in [5.74, 6) is -0.564. The fourth-order valence-corrected chi connectivity index (χ4v) is 2.56. The van der Waals surface area contributed by atoms with Crippen molar-refractivity contribution in [1.29, 1.82) is 0 Å². The molecule has 19 heavy (non-hydrogen) atoms. The van der Waals surface area contributed by atoms with Crippen LogP contribution in [0.1, 0.15) is 25.3 Å².